The van der Waals surface area contributed by atoms with Crippen molar-refractivity contribution in [1.82, 2.24) is 4.90 Å². The topological polar surface area (TPSA) is 66.8 Å². The summed E-state index contributed by atoms with van der Waals surface area (Å²) in [6.45, 7) is 3.13. The molecule has 1 N–H and O–H groups in total. The lowest BCUT2D eigenvalue weighted by Crippen LogP contribution is -2.20. The highest BCUT2D eigenvalue weighted by Crippen LogP contribution is 2.17. The zero-order valence-corrected chi connectivity index (χ0v) is 18.0. The van der Waals surface area contributed by atoms with Gasteiger partial charge in [-0.05, 0) is 59.2 Å². The number of aliphatic carboxylic acids is 1. The molecule has 0 fully saturated rings. The van der Waals surface area contributed by atoms with E-state index in [0.29, 0.717) is 6.42 Å². The standard InChI is InChI=1S/C22H43NO4/c1-4-5-6-8-11-15-20(27-22(26)18-14-19-23(2)3)16-12-9-7-10-13-17-21(24)25/h20H,4-19H2,1-3H3,(H,24,25). The van der Waals surface area contributed by atoms with Crippen LogP contribution >= 0.6 is 0 Å². The lowest BCUT2D eigenvalue weighted by Gasteiger charge is -2.18. The zero-order chi connectivity index (χ0) is 20.3. The van der Waals surface area contributed by atoms with Crippen molar-refractivity contribution in [2.75, 3.05) is 20.6 Å². The molecule has 0 bridgehead atoms. The Morgan fingerprint density at radius 2 is 1.37 bits per heavy atom. The number of carbonyl (C=O) groups excluding carboxylic acids is 1. The number of esters is 1. The fourth-order valence-corrected chi connectivity index (χ4v) is 3.20. The van der Waals surface area contributed by atoms with Gasteiger partial charge in [0, 0.05) is 12.8 Å². The minimum Gasteiger partial charge on any atom is -0.481 e. The maximum absolute atomic E-state index is 12.1. The Bertz CT molecular complexity index is 371. The van der Waals surface area contributed by atoms with Crippen LogP contribution in [0.4, 0.5) is 0 Å². The molecule has 1 unspecified atom stereocenters. The van der Waals surface area contributed by atoms with Gasteiger partial charge in [-0.15, -0.1) is 0 Å². The molecule has 0 spiro atoms. The van der Waals surface area contributed by atoms with Gasteiger partial charge in [-0.25, -0.2) is 0 Å². The quantitative estimate of drug-likeness (QED) is 0.238. The van der Waals surface area contributed by atoms with Crippen LogP contribution in [-0.2, 0) is 14.3 Å². The predicted octanol–water partition coefficient (Wildman–Crippen LogP) is 5.42. The number of nitrogens with zero attached hydrogens (tertiary/aromatic N) is 1. The number of hydrogen-bond acceptors (Lipinski definition) is 4. The molecule has 0 aliphatic carbocycles. The van der Waals surface area contributed by atoms with Gasteiger partial charge in [0.25, 0.3) is 0 Å². The number of ether oxygens (including phenoxy) is 1. The van der Waals surface area contributed by atoms with Crippen LogP contribution in [0.1, 0.15) is 103 Å². The molecule has 0 aromatic carbocycles. The van der Waals surface area contributed by atoms with Crippen molar-refractivity contribution in [2.45, 2.75) is 109 Å². The van der Waals surface area contributed by atoms with Gasteiger partial charge < -0.3 is 14.7 Å². The number of carbonyl (C=O) groups is 2. The van der Waals surface area contributed by atoms with Crippen LogP contribution in [0.15, 0.2) is 0 Å². The first-order valence-electron chi connectivity index (χ1n) is 11.0. The van der Waals surface area contributed by atoms with E-state index >= 15 is 0 Å². The van der Waals surface area contributed by atoms with Crippen molar-refractivity contribution in [2.24, 2.45) is 0 Å². The molecule has 0 aromatic heterocycles. The van der Waals surface area contributed by atoms with Crippen LogP contribution in [0.5, 0.6) is 0 Å². The van der Waals surface area contributed by atoms with E-state index in [9.17, 15) is 9.59 Å². The van der Waals surface area contributed by atoms with Crippen molar-refractivity contribution in [1.29, 1.82) is 0 Å². The van der Waals surface area contributed by atoms with E-state index in [1.807, 2.05) is 14.1 Å². The fraction of sp³-hybridized carbons (Fsp3) is 0.909. The Hall–Kier alpha value is -1.10. The van der Waals surface area contributed by atoms with Gasteiger partial charge in [-0.3, -0.25) is 9.59 Å². The van der Waals surface area contributed by atoms with Crippen molar-refractivity contribution in [3.8, 4) is 0 Å². The van der Waals surface area contributed by atoms with Crippen LogP contribution < -0.4 is 0 Å². The van der Waals surface area contributed by atoms with E-state index in [2.05, 4.69) is 11.8 Å². The smallest absolute Gasteiger partial charge is 0.306 e. The molecule has 0 aromatic rings. The largest absolute Gasteiger partial charge is 0.481 e. The average molecular weight is 386 g/mol. The number of hydrogen-bond donors (Lipinski definition) is 1. The highest BCUT2D eigenvalue weighted by Gasteiger charge is 2.14. The van der Waals surface area contributed by atoms with Gasteiger partial charge in [-0.1, -0.05) is 51.9 Å². The monoisotopic (exact) mass is 385 g/mol. The molecule has 1 atom stereocenters. The van der Waals surface area contributed by atoms with E-state index in [-0.39, 0.29) is 18.5 Å². The minimum absolute atomic E-state index is 0.0532. The Balaban J connectivity index is 4.04. The molecule has 5 nitrogen and oxygen atoms in total. The Labute approximate surface area is 166 Å². The van der Waals surface area contributed by atoms with Gasteiger partial charge in [0.05, 0.1) is 0 Å². The SMILES string of the molecule is CCCCCCCC(CCCCCCCC(=O)O)OC(=O)CCCN(C)C. The van der Waals surface area contributed by atoms with Gasteiger partial charge in [0.2, 0.25) is 0 Å². The predicted molar refractivity (Wildman–Crippen MR) is 111 cm³/mol. The van der Waals surface area contributed by atoms with Crippen molar-refractivity contribution in [3.05, 3.63) is 0 Å². The van der Waals surface area contributed by atoms with Crippen LogP contribution in [0, 0.1) is 0 Å². The van der Waals surface area contributed by atoms with E-state index in [0.717, 1.165) is 64.3 Å². The molecule has 5 heteroatoms. The van der Waals surface area contributed by atoms with Gasteiger partial charge in [-0.2, -0.15) is 0 Å². The summed E-state index contributed by atoms with van der Waals surface area (Å²) in [7, 11) is 4.03. The highest BCUT2D eigenvalue weighted by molar-refractivity contribution is 5.69. The third-order valence-electron chi connectivity index (χ3n) is 4.83. The Morgan fingerprint density at radius 3 is 1.93 bits per heavy atom. The minimum atomic E-state index is -0.709. The summed E-state index contributed by atoms with van der Waals surface area (Å²) in [5.74, 6) is -0.767. The van der Waals surface area contributed by atoms with E-state index < -0.39 is 5.97 Å². The summed E-state index contributed by atoms with van der Waals surface area (Å²) < 4.78 is 5.76. The molecule has 160 valence electrons. The first kappa shape index (κ1) is 25.9. The van der Waals surface area contributed by atoms with Crippen LogP contribution in [0.25, 0.3) is 0 Å². The number of carboxylic acids is 1. The summed E-state index contributed by atoms with van der Waals surface area (Å²) >= 11 is 0. The van der Waals surface area contributed by atoms with Crippen molar-refractivity contribution >= 4 is 11.9 Å². The third-order valence-corrected chi connectivity index (χ3v) is 4.83. The molecule has 0 saturated carbocycles. The summed E-state index contributed by atoms with van der Waals surface area (Å²) in [5, 5.41) is 8.65. The normalized spacial score (nSPS) is 12.3. The van der Waals surface area contributed by atoms with Gasteiger partial charge in [0.15, 0.2) is 0 Å². The lowest BCUT2D eigenvalue weighted by atomic mass is 10.0. The second-order valence-electron chi connectivity index (χ2n) is 7.92. The first-order valence-corrected chi connectivity index (χ1v) is 11.0. The molecular weight excluding hydrogens is 342 g/mol. The first-order chi connectivity index (χ1) is 13.0. The molecule has 0 heterocycles. The van der Waals surface area contributed by atoms with E-state index in [1.165, 1.54) is 25.7 Å². The fourth-order valence-electron chi connectivity index (χ4n) is 3.20. The van der Waals surface area contributed by atoms with Crippen LogP contribution in [0.2, 0.25) is 0 Å². The maximum Gasteiger partial charge on any atom is 0.306 e. The van der Waals surface area contributed by atoms with Gasteiger partial charge >= 0.3 is 11.9 Å². The Kier molecular flexibility index (Phi) is 17.5. The molecule has 0 radical (unpaired) electrons. The second-order valence-corrected chi connectivity index (χ2v) is 7.92. The van der Waals surface area contributed by atoms with Crippen molar-refractivity contribution < 1.29 is 19.4 Å². The molecular formula is C22H43NO4. The molecule has 0 saturated heterocycles. The van der Waals surface area contributed by atoms with Crippen molar-refractivity contribution in [3.63, 3.8) is 0 Å². The lowest BCUT2D eigenvalue weighted by molar-refractivity contribution is -0.150. The zero-order valence-electron chi connectivity index (χ0n) is 18.0. The number of unbranched alkanes of at least 4 members (excludes halogenated alkanes) is 8. The highest BCUT2D eigenvalue weighted by atomic mass is 16.5. The summed E-state index contributed by atoms with van der Waals surface area (Å²) in [6.07, 6.45) is 14.7. The summed E-state index contributed by atoms with van der Waals surface area (Å²) in [5.41, 5.74) is 0. The number of carboxylic acid groups (broad SMARTS) is 1. The summed E-state index contributed by atoms with van der Waals surface area (Å²) in [6, 6.07) is 0. The van der Waals surface area contributed by atoms with Crippen LogP contribution in [-0.4, -0.2) is 48.7 Å². The third kappa shape index (κ3) is 19.5. The molecule has 0 aliphatic rings. The van der Waals surface area contributed by atoms with E-state index in [4.69, 9.17) is 9.84 Å². The van der Waals surface area contributed by atoms with Crippen LogP contribution in [0.3, 0.4) is 0 Å². The van der Waals surface area contributed by atoms with E-state index in [1.54, 1.807) is 0 Å². The Morgan fingerprint density at radius 1 is 0.815 bits per heavy atom. The molecule has 27 heavy (non-hydrogen) atoms. The molecule has 0 aliphatic heterocycles. The molecule has 0 rings (SSSR count). The average Bonchev–Trinajstić information content (AvgIpc) is 2.59. The maximum atomic E-state index is 12.1. The molecule has 0 amide bonds. The number of rotatable bonds is 19. The second kappa shape index (κ2) is 18.3. The summed E-state index contributed by atoms with van der Waals surface area (Å²) in [4.78, 5) is 24.7. The van der Waals surface area contributed by atoms with Gasteiger partial charge in [0.1, 0.15) is 6.10 Å².